The van der Waals surface area contributed by atoms with Gasteiger partial charge in [-0.05, 0) is 44.5 Å². The second kappa shape index (κ2) is 7.81. The summed E-state index contributed by atoms with van der Waals surface area (Å²) in [6, 6.07) is 7.25. The van der Waals surface area contributed by atoms with Crippen molar-refractivity contribution in [2.24, 2.45) is 0 Å². The van der Waals surface area contributed by atoms with E-state index < -0.39 is 12.1 Å². The zero-order valence-corrected chi connectivity index (χ0v) is 16.2. The Hall–Kier alpha value is -1.86. The summed E-state index contributed by atoms with van der Waals surface area (Å²) in [4.78, 5) is 25.3. The molecule has 0 aliphatic heterocycles. The molecule has 7 heteroatoms. The number of methoxy groups -OCH3 is 1. The Morgan fingerprint density at radius 1 is 1.29 bits per heavy atom. The quantitative estimate of drug-likeness (QED) is 0.743. The van der Waals surface area contributed by atoms with Crippen LogP contribution >= 0.6 is 27.3 Å². The lowest BCUT2D eigenvalue weighted by molar-refractivity contribution is -0.122. The maximum Gasteiger partial charge on any atom is 0.341 e. The fraction of sp³-hybridized carbons (Fsp3) is 0.294. The lowest BCUT2D eigenvalue weighted by atomic mass is 10.1. The summed E-state index contributed by atoms with van der Waals surface area (Å²) >= 11 is 4.70. The van der Waals surface area contributed by atoms with E-state index in [1.165, 1.54) is 18.4 Å². The molecule has 0 unspecified atom stereocenters. The molecule has 1 heterocycles. The number of ether oxygens (including phenoxy) is 2. The molecule has 1 N–H and O–H groups in total. The van der Waals surface area contributed by atoms with Gasteiger partial charge in [-0.1, -0.05) is 22.0 Å². The number of hydrogen-bond acceptors (Lipinski definition) is 5. The number of halogens is 1. The number of carbonyl (C=O) groups excluding carboxylic acids is 2. The minimum Gasteiger partial charge on any atom is -0.481 e. The number of amides is 1. The van der Waals surface area contributed by atoms with Gasteiger partial charge in [0.2, 0.25) is 0 Å². The first-order chi connectivity index (χ1) is 11.3. The van der Waals surface area contributed by atoms with E-state index >= 15 is 0 Å². The fourth-order valence-electron chi connectivity index (χ4n) is 2.07. The van der Waals surface area contributed by atoms with E-state index in [1.54, 1.807) is 19.1 Å². The third kappa shape index (κ3) is 4.15. The summed E-state index contributed by atoms with van der Waals surface area (Å²) in [5, 5.41) is 3.24. The normalized spacial score (nSPS) is 11.7. The number of rotatable bonds is 5. The molecule has 1 atom stereocenters. The summed E-state index contributed by atoms with van der Waals surface area (Å²) in [5.74, 6) is -0.215. The molecule has 0 aliphatic carbocycles. The monoisotopic (exact) mass is 411 g/mol. The zero-order chi connectivity index (χ0) is 17.9. The number of thiophene rings is 1. The van der Waals surface area contributed by atoms with Crippen LogP contribution in [0.5, 0.6) is 5.75 Å². The lowest BCUT2D eigenvalue weighted by Gasteiger charge is -2.15. The van der Waals surface area contributed by atoms with Crippen LogP contribution in [0.4, 0.5) is 5.00 Å². The Bertz CT molecular complexity index is 772. The van der Waals surface area contributed by atoms with Gasteiger partial charge in [-0.3, -0.25) is 4.79 Å². The van der Waals surface area contributed by atoms with Crippen LogP contribution < -0.4 is 10.1 Å². The third-order valence-electron chi connectivity index (χ3n) is 3.49. The van der Waals surface area contributed by atoms with Crippen LogP contribution in [0.15, 0.2) is 28.7 Å². The molecular formula is C17H18BrNO4S. The van der Waals surface area contributed by atoms with E-state index in [2.05, 4.69) is 21.2 Å². The second-order valence-corrected chi connectivity index (χ2v) is 7.33. The molecule has 0 saturated heterocycles. The molecule has 1 amide bonds. The van der Waals surface area contributed by atoms with Crippen molar-refractivity contribution in [1.29, 1.82) is 0 Å². The van der Waals surface area contributed by atoms with Crippen LogP contribution in [0.1, 0.15) is 27.7 Å². The zero-order valence-electron chi connectivity index (χ0n) is 13.8. The largest absolute Gasteiger partial charge is 0.481 e. The van der Waals surface area contributed by atoms with Crippen LogP contribution in [0.2, 0.25) is 0 Å². The second-order valence-electron chi connectivity index (χ2n) is 5.19. The molecule has 2 rings (SSSR count). The van der Waals surface area contributed by atoms with Crippen LogP contribution in [-0.4, -0.2) is 25.1 Å². The van der Waals surface area contributed by atoms with Crippen molar-refractivity contribution >= 4 is 44.1 Å². The topological polar surface area (TPSA) is 64.6 Å². The van der Waals surface area contributed by atoms with E-state index in [-0.39, 0.29) is 5.91 Å². The molecule has 128 valence electrons. The Morgan fingerprint density at radius 2 is 2.00 bits per heavy atom. The smallest absolute Gasteiger partial charge is 0.341 e. The molecule has 24 heavy (non-hydrogen) atoms. The predicted molar refractivity (Wildman–Crippen MR) is 98.0 cm³/mol. The Kier molecular flexibility index (Phi) is 6.01. The Morgan fingerprint density at radius 3 is 2.62 bits per heavy atom. The van der Waals surface area contributed by atoms with Gasteiger partial charge in [0.15, 0.2) is 6.10 Å². The Labute approximate surface area is 153 Å². The predicted octanol–water partition coefficient (Wildman–Crippen LogP) is 4.32. The van der Waals surface area contributed by atoms with Crippen molar-refractivity contribution in [3.05, 3.63) is 44.7 Å². The van der Waals surface area contributed by atoms with Crippen molar-refractivity contribution in [3.8, 4) is 5.75 Å². The number of esters is 1. The van der Waals surface area contributed by atoms with E-state index in [0.29, 0.717) is 16.3 Å². The number of anilines is 1. The highest BCUT2D eigenvalue weighted by molar-refractivity contribution is 9.10. The fourth-order valence-corrected chi connectivity index (χ4v) is 3.50. The minimum absolute atomic E-state index is 0.332. The summed E-state index contributed by atoms with van der Waals surface area (Å²) in [6.07, 6.45) is -0.715. The Balaban J connectivity index is 2.14. The molecule has 5 nitrogen and oxygen atoms in total. The highest BCUT2D eigenvalue weighted by Crippen LogP contribution is 2.33. The SMILES string of the molecule is COC(=O)c1c(NC(=O)[C@@H](C)Oc2cccc(Br)c2)sc(C)c1C. The van der Waals surface area contributed by atoms with Gasteiger partial charge < -0.3 is 14.8 Å². The van der Waals surface area contributed by atoms with Crippen LogP contribution in [-0.2, 0) is 9.53 Å². The molecular weight excluding hydrogens is 394 g/mol. The molecule has 0 radical (unpaired) electrons. The summed E-state index contributed by atoms with van der Waals surface area (Å²) < 4.78 is 11.3. The first-order valence-electron chi connectivity index (χ1n) is 7.25. The maximum absolute atomic E-state index is 12.4. The molecule has 0 fully saturated rings. The molecule has 1 aromatic heterocycles. The molecule has 1 aromatic carbocycles. The van der Waals surface area contributed by atoms with Crippen LogP contribution in [0, 0.1) is 13.8 Å². The summed E-state index contributed by atoms with van der Waals surface area (Å²) in [6.45, 7) is 5.38. The van der Waals surface area contributed by atoms with Gasteiger partial charge in [0.05, 0.1) is 12.7 Å². The van der Waals surface area contributed by atoms with E-state index in [4.69, 9.17) is 9.47 Å². The summed E-state index contributed by atoms with van der Waals surface area (Å²) in [5.41, 5.74) is 1.20. The average Bonchev–Trinajstić information content (AvgIpc) is 2.81. The van der Waals surface area contributed by atoms with Gasteiger partial charge in [0.1, 0.15) is 10.8 Å². The maximum atomic E-state index is 12.4. The average molecular weight is 412 g/mol. The summed E-state index contributed by atoms with van der Waals surface area (Å²) in [7, 11) is 1.32. The van der Waals surface area contributed by atoms with Gasteiger partial charge >= 0.3 is 5.97 Å². The molecule has 0 saturated carbocycles. The van der Waals surface area contributed by atoms with Crippen LogP contribution in [0.3, 0.4) is 0 Å². The molecule has 0 bridgehead atoms. The van der Waals surface area contributed by atoms with E-state index in [9.17, 15) is 9.59 Å². The molecule has 2 aromatic rings. The van der Waals surface area contributed by atoms with Crippen molar-refractivity contribution in [2.45, 2.75) is 26.9 Å². The van der Waals surface area contributed by atoms with Crippen molar-refractivity contribution in [3.63, 3.8) is 0 Å². The third-order valence-corrected chi connectivity index (χ3v) is 5.11. The van der Waals surface area contributed by atoms with Gasteiger partial charge in [0, 0.05) is 9.35 Å². The van der Waals surface area contributed by atoms with E-state index in [1.807, 2.05) is 26.0 Å². The molecule has 0 aliphatic rings. The first kappa shape index (κ1) is 18.5. The standard InChI is InChI=1S/C17H18BrNO4S/c1-9-11(3)24-16(14(9)17(21)22-4)19-15(20)10(2)23-13-7-5-6-12(18)8-13/h5-8,10H,1-4H3,(H,19,20)/t10-/m1/s1. The van der Waals surface area contributed by atoms with Crippen molar-refractivity contribution in [1.82, 2.24) is 0 Å². The number of aryl methyl sites for hydroxylation is 1. The van der Waals surface area contributed by atoms with Crippen molar-refractivity contribution in [2.75, 3.05) is 12.4 Å². The van der Waals surface area contributed by atoms with Gasteiger partial charge in [-0.25, -0.2) is 4.79 Å². The van der Waals surface area contributed by atoms with E-state index in [0.717, 1.165) is 14.9 Å². The van der Waals surface area contributed by atoms with Gasteiger partial charge in [-0.2, -0.15) is 0 Å². The number of benzene rings is 1. The molecule has 0 spiro atoms. The number of carbonyl (C=O) groups is 2. The highest BCUT2D eigenvalue weighted by Gasteiger charge is 2.24. The number of hydrogen-bond donors (Lipinski definition) is 1. The highest BCUT2D eigenvalue weighted by atomic mass is 79.9. The number of nitrogens with one attached hydrogen (secondary N) is 1. The van der Waals surface area contributed by atoms with Crippen LogP contribution in [0.25, 0.3) is 0 Å². The van der Waals surface area contributed by atoms with Gasteiger partial charge in [0.25, 0.3) is 5.91 Å². The minimum atomic E-state index is -0.715. The van der Waals surface area contributed by atoms with Crippen molar-refractivity contribution < 1.29 is 19.1 Å². The first-order valence-corrected chi connectivity index (χ1v) is 8.85. The lowest BCUT2D eigenvalue weighted by Crippen LogP contribution is -2.30. The van der Waals surface area contributed by atoms with Gasteiger partial charge in [-0.15, -0.1) is 11.3 Å².